The fraction of sp³-hybridized carbons (Fsp3) is 0.310. The van der Waals surface area contributed by atoms with E-state index in [0.29, 0.717) is 18.8 Å². The second kappa shape index (κ2) is 10.7. The predicted molar refractivity (Wildman–Crippen MR) is 150 cm³/mol. The Balaban J connectivity index is 1.45. The van der Waals surface area contributed by atoms with E-state index in [1.54, 1.807) is 6.20 Å². The molecule has 0 unspecified atom stereocenters. The number of carbonyl (C=O) groups is 2. The van der Waals surface area contributed by atoms with Crippen molar-refractivity contribution in [2.45, 2.75) is 39.2 Å². The van der Waals surface area contributed by atoms with Crippen LogP contribution < -0.4 is 15.5 Å². The number of thiazole rings is 1. The van der Waals surface area contributed by atoms with Crippen LogP contribution in [0.15, 0.2) is 54.0 Å². The number of halogens is 2. The normalized spacial score (nSPS) is 15.8. The summed E-state index contributed by atoms with van der Waals surface area (Å²) in [7, 11) is 0. The van der Waals surface area contributed by atoms with Crippen molar-refractivity contribution in [3.8, 4) is 10.6 Å². The number of anilines is 2. The van der Waals surface area contributed by atoms with Crippen LogP contribution in [0.4, 0.5) is 20.2 Å². The maximum absolute atomic E-state index is 14.3. The number of pyridine rings is 1. The first-order valence-corrected chi connectivity index (χ1v) is 13.6. The highest BCUT2D eigenvalue weighted by Gasteiger charge is 2.30. The summed E-state index contributed by atoms with van der Waals surface area (Å²) in [5.74, 6) is -2.21. The van der Waals surface area contributed by atoms with Gasteiger partial charge >= 0.3 is 0 Å². The van der Waals surface area contributed by atoms with Gasteiger partial charge in [0, 0.05) is 29.4 Å². The van der Waals surface area contributed by atoms with Crippen LogP contribution in [-0.4, -0.2) is 40.4 Å². The molecule has 2 aromatic heterocycles. The van der Waals surface area contributed by atoms with Gasteiger partial charge in [0.2, 0.25) is 5.91 Å². The first kappa shape index (κ1) is 26.7. The number of aromatic nitrogens is 2. The van der Waals surface area contributed by atoms with Crippen LogP contribution in [0.25, 0.3) is 21.5 Å². The Morgan fingerprint density at radius 2 is 1.82 bits per heavy atom. The van der Waals surface area contributed by atoms with E-state index in [1.165, 1.54) is 11.4 Å². The van der Waals surface area contributed by atoms with Gasteiger partial charge in [-0.3, -0.25) is 14.6 Å². The Morgan fingerprint density at radius 3 is 2.56 bits per heavy atom. The van der Waals surface area contributed by atoms with Crippen molar-refractivity contribution in [1.29, 1.82) is 0 Å². The first-order chi connectivity index (χ1) is 18.6. The second-order valence-electron chi connectivity index (χ2n) is 10.7. The molecule has 1 fully saturated rings. The van der Waals surface area contributed by atoms with Gasteiger partial charge in [0.1, 0.15) is 22.3 Å². The summed E-state index contributed by atoms with van der Waals surface area (Å²) < 4.78 is 28.5. The standard InChI is InChI=1S/C29H29F2N5O2S/c1-29(2,3)35-26(37)17-8-7-13-36(15-17)25-18-9-4-5-12-21(18)32-14-22(25)33-27(38)23-16-39-28(34-23)24-19(30)10-6-11-20(24)31/h4-6,9-12,14,16-17H,7-8,13,15H2,1-3H3,(H,33,38)(H,35,37)/t17-/m0/s1. The van der Waals surface area contributed by atoms with Crippen molar-refractivity contribution < 1.29 is 18.4 Å². The zero-order chi connectivity index (χ0) is 27.7. The van der Waals surface area contributed by atoms with E-state index < -0.39 is 17.5 Å². The molecule has 1 aliphatic rings. The summed E-state index contributed by atoms with van der Waals surface area (Å²) in [5, 5.41) is 8.38. The minimum absolute atomic E-state index is 0.00604. The largest absolute Gasteiger partial charge is 0.368 e. The van der Waals surface area contributed by atoms with Gasteiger partial charge in [0.25, 0.3) is 5.91 Å². The molecule has 1 atom stereocenters. The van der Waals surface area contributed by atoms with Crippen molar-refractivity contribution >= 4 is 45.4 Å². The van der Waals surface area contributed by atoms with E-state index in [9.17, 15) is 18.4 Å². The highest BCUT2D eigenvalue weighted by molar-refractivity contribution is 7.13. The van der Waals surface area contributed by atoms with E-state index in [0.717, 1.165) is 52.9 Å². The quantitative estimate of drug-likeness (QED) is 0.318. The van der Waals surface area contributed by atoms with Gasteiger partial charge in [-0.15, -0.1) is 11.3 Å². The molecule has 202 valence electrons. The molecule has 7 nitrogen and oxygen atoms in total. The van der Waals surface area contributed by atoms with Crippen LogP contribution in [0.3, 0.4) is 0 Å². The topological polar surface area (TPSA) is 87.2 Å². The summed E-state index contributed by atoms with van der Waals surface area (Å²) in [6.45, 7) is 7.08. The van der Waals surface area contributed by atoms with Gasteiger partial charge in [-0.05, 0) is 51.8 Å². The number of amides is 2. The molecule has 0 bridgehead atoms. The van der Waals surface area contributed by atoms with Crippen LogP contribution in [0.1, 0.15) is 44.1 Å². The van der Waals surface area contributed by atoms with Crippen molar-refractivity contribution in [3.05, 3.63) is 71.4 Å². The minimum atomic E-state index is -0.743. The average molecular weight is 550 g/mol. The number of hydrogen-bond donors (Lipinski definition) is 2. The lowest BCUT2D eigenvalue weighted by Crippen LogP contribution is -2.48. The third-order valence-corrected chi connectivity index (χ3v) is 7.38. The molecule has 3 heterocycles. The molecule has 0 saturated carbocycles. The summed E-state index contributed by atoms with van der Waals surface area (Å²) >= 11 is 0.990. The zero-order valence-electron chi connectivity index (χ0n) is 21.9. The second-order valence-corrected chi connectivity index (χ2v) is 11.5. The Bertz CT molecular complexity index is 1530. The lowest BCUT2D eigenvalue weighted by Gasteiger charge is -2.36. The number of benzene rings is 2. The molecule has 0 radical (unpaired) electrons. The number of para-hydroxylation sites is 1. The number of carbonyl (C=O) groups excluding carboxylic acids is 2. The minimum Gasteiger partial charge on any atom is -0.368 e. The van der Waals surface area contributed by atoms with Crippen molar-refractivity contribution in [3.63, 3.8) is 0 Å². The summed E-state index contributed by atoms with van der Waals surface area (Å²) in [4.78, 5) is 37.1. The van der Waals surface area contributed by atoms with Gasteiger partial charge in [-0.1, -0.05) is 24.3 Å². The van der Waals surface area contributed by atoms with E-state index in [2.05, 4.69) is 25.5 Å². The van der Waals surface area contributed by atoms with Crippen LogP contribution in [0.5, 0.6) is 0 Å². The molecule has 2 N–H and O–H groups in total. The fourth-order valence-electron chi connectivity index (χ4n) is 4.81. The smallest absolute Gasteiger partial charge is 0.275 e. The lowest BCUT2D eigenvalue weighted by molar-refractivity contribution is -0.126. The molecule has 0 spiro atoms. The molecule has 2 amide bonds. The van der Waals surface area contributed by atoms with Crippen LogP contribution in [-0.2, 0) is 4.79 Å². The van der Waals surface area contributed by atoms with Crippen LogP contribution in [0.2, 0.25) is 0 Å². The van der Waals surface area contributed by atoms with Crippen molar-refractivity contribution in [2.24, 2.45) is 5.92 Å². The molecule has 4 aromatic rings. The fourth-order valence-corrected chi connectivity index (χ4v) is 5.65. The third-order valence-electron chi connectivity index (χ3n) is 6.52. The number of nitrogens with zero attached hydrogens (tertiary/aromatic N) is 3. The van der Waals surface area contributed by atoms with Gasteiger partial charge in [-0.25, -0.2) is 13.8 Å². The first-order valence-electron chi connectivity index (χ1n) is 12.8. The maximum Gasteiger partial charge on any atom is 0.275 e. The van der Waals surface area contributed by atoms with Gasteiger partial charge in [0.05, 0.1) is 34.6 Å². The maximum atomic E-state index is 14.3. The van der Waals surface area contributed by atoms with Gasteiger partial charge in [0.15, 0.2) is 0 Å². The highest BCUT2D eigenvalue weighted by Crippen LogP contribution is 2.37. The zero-order valence-corrected chi connectivity index (χ0v) is 22.7. The Kier molecular flexibility index (Phi) is 7.31. The predicted octanol–water partition coefficient (Wildman–Crippen LogP) is 6.02. The molecular formula is C29H29F2N5O2S. The van der Waals surface area contributed by atoms with Gasteiger partial charge in [-0.2, -0.15) is 0 Å². The monoisotopic (exact) mass is 549 g/mol. The van der Waals surface area contributed by atoms with Crippen molar-refractivity contribution in [1.82, 2.24) is 15.3 Å². The molecule has 39 heavy (non-hydrogen) atoms. The van der Waals surface area contributed by atoms with Crippen LogP contribution >= 0.6 is 11.3 Å². The number of fused-ring (bicyclic) bond motifs is 1. The van der Waals surface area contributed by atoms with E-state index in [4.69, 9.17) is 0 Å². The lowest BCUT2D eigenvalue weighted by atomic mass is 9.94. The summed E-state index contributed by atoms with van der Waals surface area (Å²) in [6.07, 6.45) is 3.19. The molecule has 5 rings (SSSR count). The van der Waals surface area contributed by atoms with E-state index in [-0.39, 0.29) is 33.6 Å². The summed E-state index contributed by atoms with van der Waals surface area (Å²) in [6, 6.07) is 11.2. The molecule has 10 heteroatoms. The molecule has 2 aromatic carbocycles. The van der Waals surface area contributed by atoms with E-state index in [1.807, 2.05) is 45.0 Å². The average Bonchev–Trinajstić information content (AvgIpc) is 3.37. The third kappa shape index (κ3) is 5.75. The van der Waals surface area contributed by atoms with E-state index >= 15 is 0 Å². The van der Waals surface area contributed by atoms with Crippen LogP contribution in [0, 0.1) is 17.6 Å². The Morgan fingerprint density at radius 1 is 1.08 bits per heavy atom. The van der Waals surface area contributed by atoms with Gasteiger partial charge < -0.3 is 15.5 Å². The van der Waals surface area contributed by atoms with Crippen molar-refractivity contribution in [2.75, 3.05) is 23.3 Å². The Labute approximate surface area is 229 Å². The number of nitrogens with one attached hydrogen (secondary N) is 2. The summed E-state index contributed by atoms with van der Waals surface area (Å²) in [5.41, 5.74) is 1.46. The number of piperidine rings is 1. The molecular weight excluding hydrogens is 520 g/mol. The number of hydrogen-bond acceptors (Lipinski definition) is 6. The molecule has 1 saturated heterocycles. The SMILES string of the molecule is CC(C)(C)NC(=O)[C@H]1CCCN(c2c(NC(=O)c3csc(-c4c(F)cccc4F)n3)cnc3ccccc23)C1. The molecule has 0 aliphatic carbocycles. The highest BCUT2D eigenvalue weighted by atomic mass is 32.1. The number of rotatable bonds is 5. The Hall–Kier alpha value is -3.92. The molecule has 1 aliphatic heterocycles.